The minimum absolute atomic E-state index is 0.362. The Morgan fingerprint density at radius 3 is 0.886 bits per heavy atom. The fourth-order valence-electron chi connectivity index (χ4n) is 5.41. The van der Waals surface area contributed by atoms with Gasteiger partial charge < -0.3 is 9.47 Å². The summed E-state index contributed by atoms with van der Waals surface area (Å²) in [5.74, 6) is -26.8. The van der Waals surface area contributed by atoms with Gasteiger partial charge in [-0.2, -0.15) is 52.7 Å². The lowest BCUT2D eigenvalue weighted by Crippen LogP contribution is -2.38. The fourth-order valence-corrected chi connectivity index (χ4v) is 5.41. The fraction of sp³-hybridized carbons (Fsp3) is 0.462. The lowest BCUT2D eigenvalue weighted by molar-refractivity contribution is -0.178. The SMILES string of the molecule is COc1cc(OC)c(C2C(C(=O)C(F)(F)F)C=CC2C(=O)C(F)(F)F)cc1C1C(C(=O)C(F)(F)F)C=CC1C(=O)C(F)(F)F. The van der Waals surface area contributed by atoms with Crippen molar-refractivity contribution in [1.29, 1.82) is 0 Å². The second-order valence-electron chi connectivity index (χ2n) is 9.71. The summed E-state index contributed by atoms with van der Waals surface area (Å²) in [6.45, 7) is 0. The monoisotopic (exact) mass is 654 g/mol. The highest BCUT2D eigenvalue weighted by molar-refractivity contribution is 5.96. The number of Topliss-reactive ketones (excluding diaryl/α,β-unsaturated/α-hetero) is 4. The maximum Gasteiger partial charge on any atom is 0.450 e. The number of hydrogen-bond donors (Lipinski definition) is 0. The number of ketones is 4. The number of allylic oxidation sites excluding steroid dienone is 4. The van der Waals surface area contributed by atoms with Gasteiger partial charge in [-0.3, -0.25) is 19.2 Å². The van der Waals surface area contributed by atoms with Crippen molar-refractivity contribution in [2.75, 3.05) is 14.2 Å². The topological polar surface area (TPSA) is 86.7 Å². The minimum Gasteiger partial charge on any atom is -0.496 e. The number of carbonyl (C=O) groups excluding carboxylic acids is 4. The van der Waals surface area contributed by atoms with Crippen LogP contribution >= 0.6 is 0 Å². The summed E-state index contributed by atoms with van der Waals surface area (Å²) >= 11 is 0. The molecule has 6 nitrogen and oxygen atoms in total. The van der Waals surface area contributed by atoms with E-state index in [1.807, 2.05) is 0 Å². The van der Waals surface area contributed by atoms with Crippen molar-refractivity contribution in [3.8, 4) is 11.5 Å². The summed E-state index contributed by atoms with van der Waals surface area (Å²) in [4.78, 5) is 49.0. The van der Waals surface area contributed by atoms with Crippen LogP contribution in [0.3, 0.4) is 0 Å². The molecule has 44 heavy (non-hydrogen) atoms. The van der Waals surface area contributed by atoms with Gasteiger partial charge in [0.2, 0.25) is 23.1 Å². The Kier molecular flexibility index (Phi) is 9.11. The highest BCUT2D eigenvalue weighted by atomic mass is 19.4. The van der Waals surface area contributed by atoms with E-state index in [4.69, 9.17) is 9.47 Å². The summed E-state index contributed by atoms with van der Waals surface area (Å²) in [6, 6.07) is 1.14. The molecule has 2 aliphatic carbocycles. The average Bonchev–Trinajstić information content (AvgIpc) is 3.53. The molecule has 0 radical (unpaired) electrons. The zero-order valence-corrected chi connectivity index (χ0v) is 21.9. The summed E-state index contributed by atoms with van der Waals surface area (Å²) in [6.07, 6.45) is -21.2. The van der Waals surface area contributed by atoms with E-state index in [1.54, 1.807) is 0 Å². The smallest absolute Gasteiger partial charge is 0.450 e. The molecule has 0 heterocycles. The maximum absolute atomic E-state index is 13.4. The number of hydrogen-bond acceptors (Lipinski definition) is 6. The van der Waals surface area contributed by atoms with Crippen molar-refractivity contribution in [3.63, 3.8) is 0 Å². The molecule has 0 bridgehead atoms. The van der Waals surface area contributed by atoms with E-state index in [0.717, 1.165) is 14.2 Å². The Hall–Kier alpha value is -3.86. The Morgan fingerprint density at radius 2 is 0.705 bits per heavy atom. The first-order valence-corrected chi connectivity index (χ1v) is 12.0. The predicted octanol–water partition coefficient (Wildman–Crippen LogP) is 6.00. The van der Waals surface area contributed by atoms with Gasteiger partial charge in [0.25, 0.3) is 0 Å². The number of ether oxygens (including phenoxy) is 2. The summed E-state index contributed by atoms with van der Waals surface area (Å²) in [7, 11) is 1.65. The van der Waals surface area contributed by atoms with Crippen LogP contribution in [0.1, 0.15) is 23.0 Å². The molecule has 0 fully saturated rings. The van der Waals surface area contributed by atoms with Gasteiger partial charge in [-0.1, -0.05) is 24.3 Å². The second kappa shape index (κ2) is 11.6. The number of alkyl halides is 12. The van der Waals surface area contributed by atoms with Crippen LogP contribution < -0.4 is 9.47 Å². The molecular weight excluding hydrogens is 636 g/mol. The molecule has 0 N–H and O–H groups in total. The van der Waals surface area contributed by atoms with Gasteiger partial charge in [0, 0.05) is 17.9 Å². The van der Waals surface area contributed by atoms with E-state index < -0.39 is 106 Å². The summed E-state index contributed by atoms with van der Waals surface area (Å²) < 4.78 is 171. The lowest BCUT2D eigenvalue weighted by atomic mass is 9.73. The van der Waals surface area contributed by atoms with Gasteiger partial charge in [-0.15, -0.1) is 0 Å². The highest BCUT2D eigenvalue weighted by Crippen LogP contribution is 2.53. The highest BCUT2D eigenvalue weighted by Gasteiger charge is 2.57. The quantitative estimate of drug-likeness (QED) is 0.253. The number of carbonyl (C=O) groups is 4. The number of halogens is 12. The standard InChI is InChI=1S/C26H18F12O6/c1-43-15-8-16(44-2)14(18-11(21(41)25(33,34)35)5-6-12(18)22(42)26(36,37)38)7-13(15)17-9(19(39)23(27,28)29)3-4-10(17)20(40)24(30,31)32/h3-12,17-18H,1-2H3. The zero-order valence-electron chi connectivity index (χ0n) is 21.9. The van der Waals surface area contributed by atoms with Gasteiger partial charge in [0.05, 0.1) is 37.9 Å². The number of methoxy groups -OCH3 is 2. The predicted molar refractivity (Wildman–Crippen MR) is 122 cm³/mol. The molecule has 0 saturated carbocycles. The molecule has 0 aromatic heterocycles. The molecule has 18 heteroatoms. The average molecular weight is 654 g/mol. The van der Waals surface area contributed by atoms with Crippen LogP contribution in [0.4, 0.5) is 52.7 Å². The van der Waals surface area contributed by atoms with Crippen LogP contribution in [0.15, 0.2) is 36.4 Å². The normalized spacial score (nSPS) is 25.7. The van der Waals surface area contributed by atoms with Gasteiger partial charge in [-0.25, -0.2) is 0 Å². The molecular formula is C26H18F12O6. The molecule has 4 atom stereocenters. The molecule has 0 saturated heterocycles. The first-order chi connectivity index (χ1) is 20.0. The van der Waals surface area contributed by atoms with Crippen molar-refractivity contribution in [3.05, 3.63) is 47.6 Å². The lowest BCUT2D eigenvalue weighted by Gasteiger charge is -2.31. The van der Waals surface area contributed by atoms with E-state index in [9.17, 15) is 71.9 Å². The zero-order chi connectivity index (χ0) is 33.7. The van der Waals surface area contributed by atoms with Crippen LogP contribution in [-0.2, 0) is 19.2 Å². The Labute approximate surface area is 238 Å². The molecule has 0 amide bonds. The van der Waals surface area contributed by atoms with Crippen molar-refractivity contribution in [2.24, 2.45) is 23.7 Å². The third-order valence-corrected chi connectivity index (χ3v) is 7.23. The number of benzene rings is 1. The van der Waals surface area contributed by atoms with Gasteiger partial charge in [0.15, 0.2) is 0 Å². The van der Waals surface area contributed by atoms with Crippen LogP contribution in [0.2, 0.25) is 0 Å². The molecule has 4 unspecified atom stereocenters. The first-order valence-electron chi connectivity index (χ1n) is 12.0. The van der Waals surface area contributed by atoms with Gasteiger partial charge in [0.1, 0.15) is 11.5 Å². The molecule has 1 aromatic rings. The van der Waals surface area contributed by atoms with E-state index >= 15 is 0 Å². The van der Waals surface area contributed by atoms with Crippen molar-refractivity contribution in [1.82, 2.24) is 0 Å². The van der Waals surface area contributed by atoms with Crippen molar-refractivity contribution >= 4 is 23.1 Å². The Balaban J connectivity index is 2.37. The number of rotatable bonds is 8. The maximum atomic E-state index is 13.4. The van der Waals surface area contributed by atoms with E-state index in [-0.39, 0.29) is 0 Å². The van der Waals surface area contributed by atoms with Gasteiger partial charge in [-0.05, 0) is 17.2 Å². The Bertz CT molecular complexity index is 1230. The van der Waals surface area contributed by atoms with Crippen LogP contribution in [0, 0.1) is 23.7 Å². The van der Waals surface area contributed by atoms with E-state index in [0.29, 0.717) is 36.4 Å². The molecule has 242 valence electrons. The molecule has 0 aliphatic heterocycles. The molecule has 3 rings (SSSR count). The van der Waals surface area contributed by atoms with Crippen LogP contribution in [0.25, 0.3) is 0 Å². The van der Waals surface area contributed by atoms with E-state index in [2.05, 4.69) is 0 Å². The molecule has 0 spiro atoms. The third kappa shape index (κ3) is 6.47. The molecule has 2 aliphatic rings. The van der Waals surface area contributed by atoms with Crippen LogP contribution in [0.5, 0.6) is 11.5 Å². The largest absolute Gasteiger partial charge is 0.496 e. The van der Waals surface area contributed by atoms with Gasteiger partial charge >= 0.3 is 24.7 Å². The van der Waals surface area contributed by atoms with Crippen LogP contribution in [-0.4, -0.2) is 62.1 Å². The second-order valence-corrected chi connectivity index (χ2v) is 9.71. The van der Waals surface area contributed by atoms with E-state index in [1.165, 1.54) is 0 Å². The Morgan fingerprint density at radius 1 is 0.477 bits per heavy atom. The summed E-state index contributed by atoms with van der Waals surface area (Å²) in [5, 5.41) is 0. The van der Waals surface area contributed by atoms with Crippen molar-refractivity contribution < 1.29 is 81.3 Å². The first kappa shape index (κ1) is 34.6. The minimum atomic E-state index is -5.67. The third-order valence-electron chi connectivity index (χ3n) is 7.23. The van der Waals surface area contributed by atoms with Crippen molar-refractivity contribution in [2.45, 2.75) is 36.5 Å². The molecule has 1 aromatic carbocycles. The summed E-state index contributed by atoms with van der Waals surface area (Å²) in [5.41, 5.74) is -1.72.